The van der Waals surface area contributed by atoms with Gasteiger partial charge in [0.1, 0.15) is 0 Å². The number of carbonyl (C=O) groups is 1. The van der Waals surface area contributed by atoms with E-state index in [1.165, 1.54) is 18.5 Å². The van der Waals surface area contributed by atoms with Crippen LogP contribution in [0.1, 0.15) is 40.6 Å². The van der Waals surface area contributed by atoms with Crippen molar-refractivity contribution in [3.05, 3.63) is 41.5 Å². The van der Waals surface area contributed by atoms with Gasteiger partial charge in [0.05, 0.1) is 5.56 Å². The Balaban J connectivity index is 1.46. The zero-order valence-electron chi connectivity index (χ0n) is 14.3. The number of hydrogen-bond donors (Lipinski definition) is 0. The topological polar surface area (TPSA) is 54.3 Å². The molecular formula is C18H23N5O. The summed E-state index contributed by atoms with van der Waals surface area (Å²) < 4.78 is 2.33. The van der Waals surface area contributed by atoms with Crippen LogP contribution < -0.4 is 4.90 Å². The largest absolute Gasteiger partial charge is 0.345 e. The fourth-order valence-electron chi connectivity index (χ4n) is 3.62. The van der Waals surface area contributed by atoms with Gasteiger partial charge in [-0.15, -0.1) is 0 Å². The first kappa shape index (κ1) is 15.2. The lowest BCUT2D eigenvalue weighted by Crippen LogP contribution is -2.49. The maximum atomic E-state index is 12.9. The molecule has 2 fully saturated rings. The van der Waals surface area contributed by atoms with E-state index in [1.54, 1.807) is 12.4 Å². The Bertz CT molecular complexity index is 742. The molecule has 0 radical (unpaired) electrons. The summed E-state index contributed by atoms with van der Waals surface area (Å²) in [5.41, 5.74) is 3.19. The molecule has 0 bridgehead atoms. The Hall–Kier alpha value is -2.37. The molecular weight excluding hydrogens is 302 g/mol. The van der Waals surface area contributed by atoms with Crippen molar-refractivity contribution < 1.29 is 4.79 Å². The third-order valence-electron chi connectivity index (χ3n) is 5.03. The summed E-state index contributed by atoms with van der Waals surface area (Å²) in [6, 6.07) is 4.49. The van der Waals surface area contributed by atoms with Crippen molar-refractivity contribution in [1.29, 1.82) is 0 Å². The number of nitrogens with zero attached hydrogens (tertiary/aromatic N) is 5. The molecule has 1 aliphatic heterocycles. The summed E-state index contributed by atoms with van der Waals surface area (Å²) in [7, 11) is 0. The summed E-state index contributed by atoms with van der Waals surface area (Å²) in [6.07, 6.45) is 5.98. The lowest BCUT2D eigenvalue weighted by Gasteiger charge is -2.34. The van der Waals surface area contributed by atoms with Gasteiger partial charge in [0.2, 0.25) is 5.95 Å². The van der Waals surface area contributed by atoms with Gasteiger partial charge in [-0.3, -0.25) is 4.79 Å². The SMILES string of the molecule is Cc1cc(C(=O)N2CCN(c3ncccn3)CC2)c(C)n1C1CC1. The summed E-state index contributed by atoms with van der Waals surface area (Å²) in [4.78, 5) is 25.6. The van der Waals surface area contributed by atoms with Crippen molar-refractivity contribution in [1.82, 2.24) is 19.4 Å². The number of piperazine rings is 1. The lowest BCUT2D eigenvalue weighted by molar-refractivity contribution is 0.0745. The first-order chi connectivity index (χ1) is 11.6. The van der Waals surface area contributed by atoms with E-state index < -0.39 is 0 Å². The van der Waals surface area contributed by atoms with Crippen molar-refractivity contribution in [2.24, 2.45) is 0 Å². The molecule has 0 N–H and O–H groups in total. The van der Waals surface area contributed by atoms with E-state index in [0.717, 1.165) is 30.3 Å². The van der Waals surface area contributed by atoms with Crippen LogP contribution in [0.4, 0.5) is 5.95 Å². The Morgan fingerprint density at radius 1 is 1.08 bits per heavy atom. The highest BCUT2D eigenvalue weighted by atomic mass is 16.2. The number of aryl methyl sites for hydroxylation is 1. The Labute approximate surface area is 142 Å². The van der Waals surface area contributed by atoms with E-state index in [0.29, 0.717) is 19.1 Å². The lowest BCUT2D eigenvalue weighted by atomic mass is 10.2. The van der Waals surface area contributed by atoms with Crippen LogP contribution >= 0.6 is 0 Å². The molecule has 0 unspecified atom stereocenters. The minimum absolute atomic E-state index is 0.156. The quantitative estimate of drug-likeness (QED) is 0.868. The Morgan fingerprint density at radius 3 is 2.38 bits per heavy atom. The average molecular weight is 325 g/mol. The van der Waals surface area contributed by atoms with Crippen LogP contribution in [-0.4, -0.2) is 51.5 Å². The molecule has 126 valence electrons. The second-order valence-electron chi connectivity index (χ2n) is 6.71. The van der Waals surface area contributed by atoms with Crippen molar-refractivity contribution in [2.45, 2.75) is 32.7 Å². The minimum atomic E-state index is 0.156. The summed E-state index contributed by atoms with van der Waals surface area (Å²) in [5.74, 6) is 0.903. The molecule has 6 heteroatoms. The van der Waals surface area contributed by atoms with Crippen LogP contribution in [0.3, 0.4) is 0 Å². The molecule has 2 aromatic rings. The molecule has 1 amide bonds. The van der Waals surface area contributed by atoms with Crippen LogP contribution in [0, 0.1) is 13.8 Å². The monoisotopic (exact) mass is 325 g/mol. The third-order valence-corrected chi connectivity index (χ3v) is 5.03. The van der Waals surface area contributed by atoms with E-state index in [1.807, 2.05) is 11.0 Å². The molecule has 2 aromatic heterocycles. The molecule has 3 heterocycles. The van der Waals surface area contributed by atoms with Crippen molar-refractivity contribution >= 4 is 11.9 Å². The minimum Gasteiger partial charge on any atom is -0.345 e. The predicted octanol–water partition coefficient (Wildman–Crippen LogP) is 2.19. The fraction of sp³-hybridized carbons (Fsp3) is 0.500. The molecule has 1 saturated carbocycles. The number of rotatable bonds is 3. The van der Waals surface area contributed by atoms with Crippen LogP contribution in [0.25, 0.3) is 0 Å². The maximum Gasteiger partial charge on any atom is 0.255 e. The van der Waals surface area contributed by atoms with E-state index in [2.05, 4.69) is 39.3 Å². The number of anilines is 1. The average Bonchev–Trinajstić information content (AvgIpc) is 3.40. The van der Waals surface area contributed by atoms with E-state index in [4.69, 9.17) is 0 Å². The molecule has 2 aliphatic rings. The van der Waals surface area contributed by atoms with Crippen LogP contribution in [-0.2, 0) is 0 Å². The van der Waals surface area contributed by atoms with Crippen molar-refractivity contribution in [2.75, 3.05) is 31.1 Å². The molecule has 1 saturated heterocycles. The zero-order valence-corrected chi connectivity index (χ0v) is 14.3. The summed E-state index contributed by atoms with van der Waals surface area (Å²) >= 11 is 0. The van der Waals surface area contributed by atoms with Gasteiger partial charge in [-0.25, -0.2) is 9.97 Å². The van der Waals surface area contributed by atoms with E-state index in [-0.39, 0.29) is 5.91 Å². The Morgan fingerprint density at radius 2 is 1.75 bits per heavy atom. The highest BCUT2D eigenvalue weighted by Crippen LogP contribution is 2.38. The highest BCUT2D eigenvalue weighted by molar-refractivity contribution is 5.96. The zero-order chi connectivity index (χ0) is 16.7. The first-order valence-corrected chi connectivity index (χ1v) is 8.65. The smallest absolute Gasteiger partial charge is 0.255 e. The fourth-order valence-corrected chi connectivity index (χ4v) is 3.62. The van der Waals surface area contributed by atoms with E-state index in [9.17, 15) is 4.79 Å². The van der Waals surface area contributed by atoms with Gasteiger partial charge in [0.25, 0.3) is 5.91 Å². The van der Waals surface area contributed by atoms with Gasteiger partial charge < -0.3 is 14.4 Å². The molecule has 0 aromatic carbocycles. The van der Waals surface area contributed by atoms with E-state index >= 15 is 0 Å². The second-order valence-corrected chi connectivity index (χ2v) is 6.71. The standard InChI is InChI=1S/C18H23N5O/c1-13-12-16(14(2)23(13)15-4-5-15)17(24)21-8-10-22(11-9-21)18-19-6-3-7-20-18/h3,6-7,12,15H,4-5,8-11H2,1-2H3. The number of carbonyl (C=O) groups excluding carboxylic acids is 1. The maximum absolute atomic E-state index is 12.9. The van der Waals surface area contributed by atoms with Gasteiger partial charge in [-0.05, 0) is 38.8 Å². The molecule has 0 spiro atoms. The summed E-state index contributed by atoms with van der Waals surface area (Å²) in [6.45, 7) is 7.15. The van der Waals surface area contributed by atoms with Crippen molar-refractivity contribution in [3.63, 3.8) is 0 Å². The number of aromatic nitrogens is 3. The van der Waals surface area contributed by atoms with Crippen LogP contribution in [0.2, 0.25) is 0 Å². The van der Waals surface area contributed by atoms with Gasteiger partial charge in [0, 0.05) is 56.0 Å². The Kier molecular flexibility index (Phi) is 3.75. The second kappa shape index (κ2) is 5.92. The number of amides is 1. The molecule has 0 atom stereocenters. The number of hydrogen-bond acceptors (Lipinski definition) is 4. The van der Waals surface area contributed by atoms with Gasteiger partial charge in [0.15, 0.2) is 0 Å². The first-order valence-electron chi connectivity index (χ1n) is 8.65. The van der Waals surface area contributed by atoms with Gasteiger partial charge >= 0.3 is 0 Å². The van der Waals surface area contributed by atoms with Gasteiger partial charge in [-0.1, -0.05) is 0 Å². The van der Waals surface area contributed by atoms with Crippen LogP contribution in [0.15, 0.2) is 24.5 Å². The van der Waals surface area contributed by atoms with Crippen molar-refractivity contribution in [3.8, 4) is 0 Å². The normalized spacial score (nSPS) is 18.1. The molecule has 1 aliphatic carbocycles. The molecule has 6 nitrogen and oxygen atoms in total. The van der Waals surface area contributed by atoms with Gasteiger partial charge in [-0.2, -0.15) is 0 Å². The predicted molar refractivity (Wildman–Crippen MR) is 92.3 cm³/mol. The molecule has 4 rings (SSSR count). The molecule has 24 heavy (non-hydrogen) atoms. The van der Waals surface area contributed by atoms with Crippen LogP contribution in [0.5, 0.6) is 0 Å². The third kappa shape index (κ3) is 2.66. The summed E-state index contributed by atoms with van der Waals surface area (Å²) in [5, 5.41) is 0. The highest BCUT2D eigenvalue weighted by Gasteiger charge is 2.30.